The SMILES string of the molecule is COc1ccccc1CNc1nc(Nc2ccc(C)c(C)c2)nc2ccccc12. The van der Waals surface area contributed by atoms with Crippen molar-refractivity contribution in [3.8, 4) is 5.75 Å². The van der Waals surface area contributed by atoms with Crippen molar-refractivity contribution in [2.45, 2.75) is 20.4 Å². The molecule has 0 aliphatic rings. The topological polar surface area (TPSA) is 59.1 Å². The van der Waals surface area contributed by atoms with Crippen molar-refractivity contribution in [1.82, 2.24) is 9.97 Å². The number of aryl methyl sites for hydroxylation is 2. The van der Waals surface area contributed by atoms with Crippen molar-refractivity contribution in [1.29, 1.82) is 0 Å². The fourth-order valence-electron chi connectivity index (χ4n) is 3.24. The van der Waals surface area contributed by atoms with E-state index in [4.69, 9.17) is 9.72 Å². The highest BCUT2D eigenvalue weighted by Crippen LogP contribution is 2.26. The number of benzene rings is 3. The predicted octanol–water partition coefficient (Wildman–Crippen LogP) is 5.61. The van der Waals surface area contributed by atoms with Crippen LogP contribution in [0.25, 0.3) is 10.9 Å². The molecule has 0 radical (unpaired) electrons. The molecule has 0 aliphatic heterocycles. The molecule has 0 saturated carbocycles. The first-order chi connectivity index (χ1) is 14.1. The summed E-state index contributed by atoms with van der Waals surface area (Å²) < 4.78 is 5.46. The van der Waals surface area contributed by atoms with E-state index in [-0.39, 0.29) is 0 Å². The van der Waals surface area contributed by atoms with Gasteiger partial charge in [0.25, 0.3) is 0 Å². The van der Waals surface area contributed by atoms with E-state index in [9.17, 15) is 0 Å². The summed E-state index contributed by atoms with van der Waals surface area (Å²) in [5, 5.41) is 7.77. The van der Waals surface area contributed by atoms with Gasteiger partial charge in [-0.3, -0.25) is 0 Å². The minimum absolute atomic E-state index is 0.564. The Kier molecular flexibility index (Phi) is 5.29. The maximum atomic E-state index is 5.46. The summed E-state index contributed by atoms with van der Waals surface area (Å²) in [6.07, 6.45) is 0. The smallest absolute Gasteiger partial charge is 0.229 e. The summed E-state index contributed by atoms with van der Waals surface area (Å²) in [5.41, 5.74) is 5.41. The van der Waals surface area contributed by atoms with Crippen LogP contribution < -0.4 is 15.4 Å². The number of nitrogens with one attached hydrogen (secondary N) is 2. The Balaban J connectivity index is 1.66. The minimum Gasteiger partial charge on any atom is -0.496 e. The van der Waals surface area contributed by atoms with E-state index in [0.29, 0.717) is 12.5 Å². The van der Waals surface area contributed by atoms with E-state index in [0.717, 1.165) is 33.7 Å². The van der Waals surface area contributed by atoms with Crippen molar-refractivity contribution >= 4 is 28.4 Å². The standard InChI is InChI=1S/C24H24N4O/c1-16-12-13-19(14-17(16)2)26-24-27-21-10-6-5-9-20(21)23(28-24)25-15-18-8-4-7-11-22(18)29-3/h4-14H,15H2,1-3H3,(H2,25,26,27,28). The lowest BCUT2D eigenvalue weighted by atomic mass is 10.1. The highest BCUT2D eigenvalue weighted by Gasteiger charge is 2.09. The summed E-state index contributed by atoms with van der Waals surface area (Å²) in [4.78, 5) is 9.43. The molecule has 0 saturated heterocycles. The molecule has 0 aliphatic carbocycles. The van der Waals surface area contributed by atoms with Gasteiger partial charge in [0.15, 0.2) is 0 Å². The van der Waals surface area contributed by atoms with Crippen molar-refractivity contribution in [3.05, 3.63) is 83.4 Å². The lowest BCUT2D eigenvalue weighted by Gasteiger charge is -2.14. The zero-order valence-electron chi connectivity index (χ0n) is 16.9. The first-order valence-electron chi connectivity index (χ1n) is 9.61. The van der Waals surface area contributed by atoms with Crippen LogP contribution in [-0.4, -0.2) is 17.1 Å². The number of hydrogen-bond donors (Lipinski definition) is 2. The van der Waals surface area contributed by atoms with Gasteiger partial charge in [-0.2, -0.15) is 4.98 Å². The third-order valence-corrected chi connectivity index (χ3v) is 5.01. The molecule has 5 nitrogen and oxygen atoms in total. The second-order valence-electron chi connectivity index (χ2n) is 7.00. The van der Waals surface area contributed by atoms with Crippen LogP contribution in [0.2, 0.25) is 0 Å². The second kappa shape index (κ2) is 8.19. The van der Waals surface area contributed by atoms with Gasteiger partial charge in [0.1, 0.15) is 11.6 Å². The molecule has 0 unspecified atom stereocenters. The molecule has 1 aromatic heterocycles. The van der Waals surface area contributed by atoms with E-state index in [1.54, 1.807) is 7.11 Å². The number of aromatic nitrogens is 2. The van der Waals surface area contributed by atoms with Gasteiger partial charge in [-0.05, 0) is 55.3 Å². The normalized spacial score (nSPS) is 10.7. The molecule has 0 spiro atoms. The van der Waals surface area contributed by atoms with Crippen LogP contribution in [0.1, 0.15) is 16.7 Å². The first kappa shape index (κ1) is 18.7. The number of para-hydroxylation sites is 2. The van der Waals surface area contributed by atoms with Crippen LogP contribution in [0.3, 0.4) is 0 Å². The second-order valence-corrected chi connectivity index (χ2v) is 7.00. The molecule has 3 aromatic carbocycles. The van der Waals surface area contributed by atoms with Crippen molar-refractivity contribution in [2.24, 2.45) is 0 Å². The zero-order chi connectivity index (χ0) is 20.2. The van der Waals surface area contributed by atoms with E-state index < -0.39 is 0 Å². The number of rotatable bonds is 6. The number of methoxy groups -OCH3 is 1. The molecule has 4 aromatic rings. The van der Waals surface area contributed by atoms with Crippen LogP contribution >= 0.6 is 0 Å². The van der Waals surface area contributed by atoms with Gasteiger partial charge in [0.05, 0.1) is 12.6 Å². The summed E-state index contributed by atoms with van der Waals surface area (Å²) in [6.45, 7) is 4.81. The molecule has 29 heavy (non-hydrogen) atoms. The molecule has 0 fully saturated rings. The zero-order valence-corrected chi connectivity index (χ0v) is 16.9. The third kappa shape index (κ3) is 4.14. The Labute approximate surface area is 170 Å². The Bertz CT molecular complexity index is 1160. The van der Waals surface area contributed by atoms with Gasteiger partial charge in [0.2, 0.25) is 5.95 Å². The largest absolute Gasteiger partial charge is 0.496 e. The predicted molar refractivity (Wildman–Crippen MR) is 119 cm³/mol. The lowest BCUT2D eigenvalue weighted by molar-refractivity contribution is 0.410. The molecule has 5 heteroatoms. The summed E-state index contributed by atoms with van der Waals surface area (Å²) >= 11 is 0. The number of nitrogens with zero attached hydrogens (tertiary/aromatic N) is 2. The monoisotopic (exact) mass is 384 g/mol. The summed E-state index contributed by atoms with van der Waals surface area (Å²) in [5.74, 6) is 2.20. The van der Waals surface area contributed by atoms with Gasteiger partial charge >= 0.3 is 0 Å². The Morgan fingerprint density at radius 3 is 2.48 bits per heavy atom. The fourth-order valence-corrected chi connectivity index (χ4v) is 3.24. The molecule has 0 amide bonds. The van der Waals surface area contributed by atoms with Crippen molar-refractivity contribution in [3.63, 3.8) is 0 Å². The van der Waals surface area contributed by atoms with Gasteiger partial charge < -0.3 is 15.4 Å². The quantitative estimate of drug-likeness (QED) is 0.452. The average Bonchev–Trinajstić information content (AvgIpc) is 2.75. The van der Waals surface area contributed by atoms with Crippen LogP contribution in [-0.2, 0) is 6.54 Å². The maximum absolute atomic E-state index is 5.46. The molecule has 1 heterocycles. The Hall–Kier alpha value is -3.60. The molecule has 0 bridgehead atoms. The number of hydrogen-bond acceptors (Lipinski definition) is 5. The van der Waals surface area contributed by atoms with E-state index in [1.165, 1.54) is 11.1 Å². The van der Waals surface area contributed by atoms with E-state index in [1.807, 2.05) is 54.6 Å². The van der Waals surface area contributed by atoms with Gasteiger partial charge in [-0.15, -0.1) is 0 Å². The molecular weight excluding hydrogens is 360 g/mol. The van der Waals surface area contributed by atoms with Gasteiger partial charge in [-0.1, -0.05) is 36.4 Å². The Morgan fingerprint density at radius 1 is 0.862 bits per heavy atom. The van der Waals surface area contributed by atoms with E-state index in [2.05, 4.69) is 41.6 Å². The van der Waals surface area contributed by atoms with Gasteiger partial charge in [-0.25, -0.2) is 4.98 Å². The van der Waals surface area contributed by atoms with Crippen LogP contribution in [0.15, 0.2) is 66.7 Å². The molecule has 2 N–H and O–H groups in total. The van der Waals surface area contributed by atoms with Crippen molar-refractivity contribution in [2.75, 3.05) is 17.7 Å². The lowest BCUT2D eigenvalue weighted by Crippen LogP contribution is -2.06. The maximum Gasteiger partial charge on any atom is 0.229 e. The van der Waals surface area contributed by atoms with Crippen LogP contribution in [0.4, 0.5) is 17.5 Å². The van der Waals surface area contributed by atoms with E-state index >= 15 is 0 Å². The molecular formula is C24H24N4O. The highest BCUT2D eigenvalue weighted by molar-refractivity contribution is 5.90. The minimum atomic E-state index is 0.564. The van der Waals surface area contributed by atoms with Crippen LogP contribution in [0.5, 0.6) is 5.75 Å². The number of anilines is 3. The molecule has 0 atom stereocenters. The number of ether oxygens (including phenoxy) is 1. The average molecular weight is 384 g/mol. The third-order valence-electron chi connectivity index (χ3n) is 5.01. The first-order valence-corrected chi connectivity index (χ1v) is 9.61. The Morgan fingerprint density at radius 2 is 1.66 bits per heavy atom. The summed E-state index contributed by atoms with van der Waals surface area (Å²) in [6, 6.07) is 22.2. The van der Waals surface area contributed by atoms with Crippen LogP contribution in [0, 0.1) is 13.8 Å². The highest BCUT2D eigenvalue weighted by atomic mass is 16.5. The fraction of sp³-hybridized carbons (Fsp3) is 0.167. The molecule has 4 rings (SSSR count). The van der Waals surface area contributed by atoms with Crippen molar-refractivity contribution < 1.29 is 4.74 Å². The van der Waals surface area contributed by atoms with Gasteiger partial charge in [0, 0.05) is 23.2 Å². The summed E-state index contributed by atoms with van der Waals surface area (Å²) in [7, 11) is 1.69. The molecule has 146 valence electrons. The number of fused-ring (bicyclic) bond motifs is 1.